The number of unbranched alkanes of at least 4 members (excludes halogenated alkanes) is 1. The van der Waals surface area contributed by atoms with Crippen molar-refractivity contribution >= 4 is 5.84 Å². The van der Waals surface area contributed by atoms with E-state index < -0.39 is 0 Å². The smallest absolute Gasteiger partial charge is 0.144 e. The third-order valence-electron chi connectivity index (χ3n) is 5.25. The van der Waals surface area contributed by atoms with Crippen LogP contribution < -0.4 is 5.73 Å². The summed E-state index contributed by atoms with van der Waals surface area (Å²) in [5.74, 6) is 0.346. The van der Waals surface area contributed by atoms with Gasteiger partial charge < -0.3 is 15.8 Å². The van der Waals surface area contributed by atoms with Gasteiger partial charge >= 0.3 is 0 Å². The molecule has 2 saturated heterocycles. The van der Waals surface area contributed by atoms with Crippen LogP contribution in [0.5, 0.6) is 0 Å². The Bertz CT molecular complexity index is 356. The van der Waals surface area contributed by atoms with Crippen LogP contribution in [0.15, 0.2) is 5.16 Å². The van der Waals surface area contributed by atoms with Crippen LogP contribution in [-0.4, -0.2) is 59.6 Å². The van der Waals surface area contributed by atoms with E-state index in [1.54, 1.807) is 0 Å². The van der Waals surface area contributed by atoms with E-state index in [9.17, 15) is 0 Å². The second kappa shape index (κ2) is 7.45. The molecule has 2 aliphatic heterocycles. The molecule has 0 radical (unpaired) electrons. The molecule has 2 aliphatic rings. The number of oxime groups is 1. The Morgan fingerprint density at radius 2 is 2.05 bits per heavy atom. The molecule has 0 saturated carbocycles. The standard InChI is InChI=1S/C16H32N4O/c1-16(2,15(17)18-21)8-4-6-9-19-11-12-20-10-5-3-7-14(20)13-19/h14,21H,3-13H2,1-2H3,(H2,17,18). The molecular weight excluding hydrogens is 264 g/mol. The first-order chi connectivity index (χ1) is 10.0. The minimum atomic E-state index is -0.198. The van der Waals surface area contributed by atoms with E-state index in [2.05, 4.69) is 15.0 Å². The molecule has 0 amide bonds. The van der Waals surface area contributed by atoms with Gasteiger partial charge in [0.25, 0.3) is 0 Å². The molecule has 5 nitrogen and oxygen atoms in total. The van der Waals surface area contributed by atoms with E-state index >= 15 is 0 Å². The highest BCUT2D eigenvalue weighted by Gasteiger charge is 2.28. The molecule has 1 unspecified atom stereocenters. The fraction of sp³-hybridized carbons (Fsp3) is 0.938. The van der Waals surface area contributed by atoms with Gasteiger partial charge in [0.15, 0.2) is 0 Å². The van der Waals surface area contributed by atoms with Crippen LogP contribution in [0.3, 0.4) is 0 Å². The zero-order valence-corrected chi connectivity index (χ0v) is 13.7. The van der Waals surface area contributed by atoms with Gasteiger partial charge in [0.2, 0.25) is 0 Å². The van der Waals surface area contributed by atoms with E-state index in [4.69, 9.17) is 10.9 Å². The number of nitrogens with zero attached hydrogens (tertiary/aromatic N) is 3. The van der Waals surface area contributed by atoms with Crippen LogP contribution in [0.1, 0.15) is 52.4 Å². The number of piperazine rings is 1. The number of fused-ring (bicyclic) bond motifs is 1. The fourth-order valence-corrected chi connectivity index (χ4v) is 3.59. The molecule has 1 atom stereocenters. The SMILES string of the molecule is CC(C)(CCCCN1CCN2CCCCC2C1)C(N)=NO. The summed E-state index contributed by atoms with van der Waals surface area (Å²) >= 11 is 0. The highest BCUT2D eigenvalue weighted by molar-refractivity contribution is 5.85. The molecule has 0 spiro atoms. The molecule has 0 bridgehead atoms. The largest absolute Gasteiger partial charge is 0.409 e. The molecule has 2 rings (SSSR count). The highest BCUT2D eigenvalue weighted by Crippen LogP contribution is 2.24. The van der Waals surface area contributed by atoms with Crippen molar-refractivity contribution in [2.24, 2.45) is 16.3 Å². The molecule has 3 N–H and O–H groups in total. The summed E-state index contributed by atoms with van der Waals surface area (Å²) in [6.07, 6.45) is 7.49. The van der Waals surface area contributed by atoms with Crippen LogP contribution >= 0.6 is 0 Å². The summed E-state index contributed by atoms with van der Waals surface area (Å²) in [5, 5.41) is 11.9. The maximum atomic E-state index is 8.79. The predicted molar refractivity (Wildman–Crippen MR) is 86.7 cm³/mol. The molecule has 122 valence electrons. The average molecular weight is 296 g/mol. The zero-order valence-electron chi connectivity index (χ0n) is 13.7. The first-order valence-corrected chi connectivity index (χ1v) is 8.47. The van der Waals surface area contributed by atoms with Gasteiger partial charge in [-0.25, -0.2) is 0 Å². The fourth-order valence-electron chi connectivity index (χ4n) is 3.59. The van der Waals surface area contributed by atoms with Crippen molar-refractivity contribution in [3.8, 4) is 0 Å². The highest BCUT2D eigenvalue weighted by atomic mass is 16.4. The van der Waals surface area contributed by atoms with Crippen LogP contribution in [0.4, 0.5) is 0 Å². The number of amidine groups is 1. The van der Waals surface area contributed by atoms with Crippen LogP contribution in [0, 0.1) is 5.41 Å². The second-order valence-corrected chi connectivity index (χ2v) is 7.31. The maximum absolute atomic E-state index is 8.79. The van der Waals surface area contributed by atoms with Gasteiger partial charge in [-0.3, -0.25) is 4.90 Å². The zero-order chi connectivity index (χ0) is 15.3. The summed E-state index contributed by atoms with van der Waals surface area (Å²) in [7, 11) is 0. The Morgan fingerprint density at radius 3 is 2.81 bits per heavy atom. The second-order valence-electron chi connectivity index (χ2n) is 7.31. The van der Waals surface area contributed by atoms with Gasteiger partial charge in [-0.1, -0.05) is 31.8 Å². The molecule has 21 heavy (non-hydrogen) atoms. The van der Waals surface area contributed by atoms with Crippen molar-refractivity contribution in [1.29, 1.82) is 0 Å². The number of hydrogen-bond donors (Lipinski definition) is 2. The van der Waals surface area contributed by atoms with Crippen molar-refractivity contribution in [1.82, 2.24) is 9.80 Å². The Balaban J connectivity index is 1.65. The van der Waals surface area contributed by atoms with Gasteiger partial charge in [-0.15, -0.1) is 0 Å². The Morgan fingerprint density at radius 1 is 1.24 bits per heavy atom. The summed E-state index contributed by atoms with van der Waals surface area (Å²) in [6, 6.07) is 0.807. The monoisotopic (exact) mass is 296 g/mol. The van der Waals surface area contributed by atoms with E-state index in [1.807, 2.05) is 13.8 Å². The molecule has 2 fully saturated rings. The third kappa shape index (κ3) is 4.58. The molecule has 0 aromatic heterocycles. The van der Waals surface area contributed by atoms with Crippen molar-refractivity contribution < 1.29 is 5.21 Å². The van der Waals surface area contributed by atoms with Crippen molar-refractivity contribution in [3.63, 3.8) is 0 Å². The molecule has 0 aromatic rings. The molecule has 2 heterocycles. The summed E-state index contributed by atoms with van der Waals surface area (Å²) in [5.41, 5.74) is 5.54. The van der Waals surface area contributed by atoms with Gasteiger partial charge in [0.05, 0.1) is 0 Å². The first kappa shape index (κ1) is 16.6. The summed E-state index contributed by atoms with van der Waals surface area (Å²) in [6.45, 7) is 10.3. The quantitative estimate of drug-likeness (QED) is 0.259. The van der Waals surface area contributed by atoms with Crippen molar-refractivity contribution in [2.75, 3.05) is 32.7 Å². The third-order valence-corrected chi connectivity index (χ3v) is 5.25. The minimum absolute atomic E-state index is 0.198. The lowest BCUT2D eigenvalue weighted by Crippen LogP contribution is -2.54. The van der Waals surface area contributed by atoms with Crippen LogP contribution in [0.25, 0.3) is 0 Å². The normalized spacial score (nSPS) is 25.8. The lowest BCUT2D eigenvalue weighted by molar-refractivity contribution is 0.0484. The number of hydrogen-bond acceptors (Lipinski definition) is 4. The van der Waals surface area contributed by atoms with Gasteiger partial charge in [0, 0.05) is 31.1 Å². The van der Waals surface area contributed by atoms with Crippen LogP contribution in [-0.2, 0) is 0 Å². The Kier molecular flexibility index (Phi) is 5.88. The summed E-state index contributed by atoms with van der Waals surface area (Å²) < 4.78 is 0. The molecule has 5 heteroatoms. The lowest BCUT2D eigenvalue weighted by atomic mass is 9.86. The first-order valence-electron chi connectivity index (χ1n) is 8.47. The number of piperidine rings is 1. The number of rotatable bonds is 6. The van der Waals surface area contributed by atoms with Crippen molar-refractivity contribution in [3.05, 3.63) is 0 Å². The topological polar surface area (TPSA) is 65.1 Å². The van der Waals surface area contributed by atoms with E-state index in [0.29, 0.717) is 5.84 Å². The molecule has 0 aromatic carbocycles. The van der Waals surface area contributed by atoms with Crippen molar-refractivity contribution in [2.45, 2.75) is 58.4 Å². The van der Waals surface area contributed by atoms with Crippen LogP contribution in [0.2, 0.25) is 0 Å². The van der Waals surface area contributed by atoms with E-state index in [-0.39, 0.29) is 5.41 Å². The Labute approximate surface area is 129 Å². The Hall–Kier alpha value is -0.810. The predicted octanol–water partition coefficient (Wildman–Crippen LogP) is 2.10. The molecule has 0 aliphatic carbocycles. The van der Waals surface area contributed by atoms with E-state index in [0.717, 1.165) is 18.9 Å². The molecular formula is C16H32N4O. The maximum Gasteiger partial charge on any atom is 0.144 e. The number of nitrogens with two attached hydrogens (primary N) is 1. The van der Waals surface area contributed by atoms with Gasteiger partial charge in [-0.05, 0) is 38.8 Å². The van der Waals surface area contributed by atoms with E-state index in [1.165, 1.54) is 58.4 Å². The lowest BCUT2D eigenvalue weighted by Gasteiger charge is -2.44. The summed E-state index contributed by atoms with van der Waals surface area (Å²) in [4.78, 5) is 5.31. The van der Waals surface area contributed by atoms with Gasteiger partial charge in [-0.2, -0.15) is 0 Å². The van der Waals surface area contributed by atoms with Gasteiger partial charge in [0.1, 0.15) is 5.84 Å². The average Bonchev–Trinajstić information content (AvgIpc) is 2.50. The minimum Gasteiger partial charge on any atom is -0.409 e.